The molecule has 0 aliphatic heterocycles. The molecule has 152 valence electrons. The summed E-state index contributed by atoms with van der Waals surface area (Å²) >= 11 is 6.10. The lowest BCUT2D eigenvalue weighted by atomic mass is 10.2. The minimum Gasteiger partial charge on any atom is -0.495 e. The molecule has 2 aromatic carbocycles. The summed E-state index contributed by atoms with van der Waals surface area (Å²) in [6.45, 7) is 3.52. The Balaban J connectivity index is 2.48. The van der Waals surface area contributed by atoms with Crippen LogP contribution < -0.4 is 14.4 Å². The number of nitrogens with one attached hydrogen (secondary N) is 1. The van der Waals surface area contributed by atoms with Gasteiger partial charge in [-0.05, 0) is 43.7 Å². The molecule has 0 aromatic heterocycles. The van der Waals surface area contributed by atoms with Crippen LogP contribution in [-0.4, -0.2) is 34.0 Å². The molecule has 0 fully saturated rings. The SMILES string of the molecule is CCC[C@@H](C)NC(=O)CN(c1cc(Cl)ccc1OC)S(=O)(=O)c1ccccc1. The van der Waals surface area contributed by atoms with E-state index in [4.69, 9.17) is 16.3 Å². The molecular weight excluding hydrogens is 400 g/mol. The highest BCUT2D eigenvalue weighted by atomic mass is 35.5. The average Bonchev–Trinajstić information content (AvgIpc) is 2.66. The van der Waals surface area contributed by atoms with Crippen LogP contribution in [0.5, 0.6) is 5.75 Å². The van der Waals surface area contributed by atoms with Crippen molar-refractivity contribution in [1.29, 1.82) is 0 Å². The maximum absolute atomic E-state index is 13.3. The van der Waals surface area contributed by atoms with Gasteiger partial charge in [0.1, 0.15) is 12.3 Å². The predicted molar refractivity (Wildman–Crippen MR) is 111 cm³/mol. The van der Waals surface area contributed by atoms with Crippen molar-refractivity contribution in [2.75, 3.05) is 18.0 Å². The number of ether oxygens (including phenoxy) is 1. The Morgan fingerprint density at radius 1 is 1.21 bits per heavy atom. The largest absolute Gasteiger partial charge is 0.495 e. The van der Waals surface area contributed by atoms with Crippen molar-refractivity contribution in [2.45, 2.75) is 37.6 Å². The highest BCUT2D eigenvalue weighted by molar-refractivity contribution is 7.92. The summed E-state index contributed by atoms with van der Waals surface area (Å²) < 4.78 is 33.0. The number of rotatable bonds is 9. The van der Waals surface area contributed by atoms with Crippen LogP contribution in [0.25, 0.3) is 0 Å². The normalized spacial score (nSPS) is 12.3. The van der Waals surface area contributed by atoms with Gasteiger partial charge in [0.15, 0.2) is 0 Å². The molecule has 0 unspecified atom stereocenters. The third-order valence-corrected chi connectivity index (χ3v) is 6.17. The van der Waals surface area contributed by atoms with Crippen molar-refractivity contribution in [3.63, 3.8) is 0 Å². The summed E-state index contributed by atoms with van der Waals surface area (Å²) in [5.74, 6) is -0.0965. The predicted octanol–water partition coefficient (Wildman–Crippen LogP) is 3.85. The Morgan fingerprint density at radius 3 is 2.50 bits per heavy atom. The number of halogens is 1. The highest BCUT2D eigenvalue weighted by Crippen LogP contribution is 2.34. The van der Waals surface area contributed by atoms with E-state index in [2.05, 4.69) is 5.32 Å². The molecule has 1 amide bonds. The molecule has 1 N–H and O–H groups in total. The second-order valence-electron chi connectivity index (χ2n) is 6.40. The van der Waals surface area contributed by atoms with Gasteiger partial charge in [0.2, 0.25) is 5.91 Å². The maximum atomic E-state index is 13.3. The lowest BCUT2D eigenvalue weighted by Gasteiger charge is -2.26. The van der Waals surface area contributed by atoms with Crippen molar-refractivity contribution in [2.24, 2.45) is 0 Å². The smallest absolute Gasteiger partial charge is 0.264 e. The Labute approximate surface area is 171 Å². The van der Waals surface area contributed by atoms with Gasteiger partial charge >= 0.3 is 0 Å². The maximum Gasteiger partial charge on any atom is 0.264 e. The standard InChI is InChI=1S/C20H25ClN2O4S/c1-4-8-15(2)22-20(24)14-23(18-13-16(21)11-12-19(18)27-3)28(25,26)17-9-6-5-7-10-17/h5-7,9-13,15H,4,8,14H2,1-3H3,(H,22,24)/t15-/m1/s1. The van der Waals surface area contributed by atoms with E-state index in [1.807, 2.05) is 13.8 Å². The minimum absolute atomic E-state index is 0.0555. The number of carbonyl (C=O) groups excluding carboxylic acids is 1. The average molecular weight is 425 g/mol. The minimum atomic E-state index is -4.01. The number of carbonyl (C=O) groups is 1. The van der Waals surface area contributed by atoms with E-state index in [-0.39, 0.29) is 23.2 Å². The summed E-state index contributed by atoms with van der Waals surface area (Å²) in [6, 6.07) is 12.5. The van der Waals surface area contributed by atoms with Gasteiger partial charge in [-0.15, -0.1) is 0 Å². The van der Waals surface area contributed by atoms with Crippen molar-refractivity contribution in [3.05, 3.63) is 53.6 Å². The van der Waals surface area contributed by atoms with E-state index in [1.165, 1.54) is 25.3 Å². The van der Waals surface area contributed by atoms with Gasteiger partial charge in [0.05, 0.1) is 17.7 Å². The van der Waals surface area contributed by atoms with Crippen LogP contribution in [0.15, 0.2) is 53.4 Å². The summed E-state index contributed by atoms with van der Waals surface area (Å²) in [5.41, 5.74) is 0.206. The number of hydrogen-bond donors (Lipinski definition) is 1. The molecule has 0 saturated heterocycles. The topological polar surface area (TPSA) is 75.7 Å². The molecule has 2 aromatic rings. The van der Waals surface area contributed by atoms with Crippen LogP contribution in [0.1, 0.15) is 26.7 Å². The van der Waals surface area contributed by atoms with Crippen LogP contribution in [-0.2, 0) is 14.8 Å². The van der Waals surface area contributed by atoms with Crippen molar-refractivity contribution < 1.29 is 17.9 Å². The molecule has 0 heterocycles. The molecule has 0 aliphatic carbocycles. The second kappa shape index (κ2) is 9.80. The first-order valence-electron chi connectivity index (χ1n) is 9.00. The van der Waals surface area contributed by atoms with Gasteiger partial charge in [0, 0.05) is 11.1 Å². The van der Waals surface area contributed by atoms with E-state index >= 15 is 0 Å². The van der Waals surface area contributed by atoms with Gasteiger partial charge < -0.3 is 10.1 Å². The first-order valence-corrected chi connectivity index (χ1v) is 10.8. The number of sulfonamides is 1. The van der Waals surface area contributed by atoms with Gasteiger partial charge in [-0.25, -0.2) is 8.42 Å². The molecule has 6 nitrogen and oxygen atoms in total. The molecule has 8 heteroatoms. The zero-order valence-corrected chi connectivity index (χ0v) is 17.8. The first kappa shape index (κ1) is 22.0. The summed E-state index contributed by atoms with van der Waals surface area (Å²) in [6.07, 6.45) is 1.72. The van der Waals surface area contributed by atoms with Crippen molar-refractivity contribution in [1.82, 2.24) is 5.32 Å². The first-order chi connectivity index (χ1) is 13.3. The van der Waals surface area contributed by atoms with Crippen LogP contribution >= 0.6 is 11.6 Å². The summed E-state index contributed by atoms with van der Waals surface area (Å²) in [7, 11) is -2.58. The van der Waals surface area contributed by atoms with Crippen LogP contribution in [0.4, 0.5) is 5.69 Å². The van der Waals surface area contributed by atoms with Crippen LogP contribution in [0, 0.1) is 0 Å². The third kappa shape index (κ3) is 5.39. The quantitative estimate of drug-likeness (QED) is 0.663. The molecule has 28 heavy (non-hydrogen) atoms. The van der Waals surface area contributed by atoms with Gasteiger partial charge in [0.25, 0.3) is 10.0 Å². The van der Waals surface area contributed by atoms with E-state index in [0.717, 1.165) is 17.1 Å². The van der Waals surface area contributed by atoms with Crippen LogP contribution in [0.3, 0.4) is 0 Å². The number of methoxy groups -OCH3 is 1. The Hall–Kier alpha value is -2.25. The van der Waals surface area contributed by atoms with E-state index in [9.17, 15) is 13.2 Å². The van der Waals surface area contributed by atoms with Gasteiger partial charge in [-0.1, -0.05) is 43.1 Å². The fraction of sp³-hybridized carbons (Fsp3) is 0.350. The number of anilines is 1. The zero-order valence-electron chi connectivity index (χ0n) is 16.2. The highest BCUT2D eigenvalue weighted by Gasteiger charge is 2.29. The fourth-order valence-corrected chi connectivity index (χ4v) is 4.44. The van der Waals surface area contributed by atoms with Crippen molar-refractivity contribution >= 4 is 33.2 Å². The number of hydrogen-bond acceptors (Lipinski definition) is 4. The number of amides is 1. The molecule has 0 spiro atoms. The van der Waals surface area contributed by atoms with E-state index in [1.54, 1.807) is 30.3 Å². The Kier molecular flexibility index (Phi) is 7.71. The summed E-state index contributed by atoms with van der Waals surface area (Å²) in [5, 5.41) is 3.17. The molecule has 0 saturated carbocycles. The van der Waals surface area contributed by atoms with E-state index < -0.39 is 15.9 Å². The molecule has 2 rings (SSSR count). The zero-order chi connectivity index (χ0) is 20.7. The summed E-state index contributed by atoms with van der Waals surface area (Å²) in [4.78, 5) is 12.7. The lowest BCUT2D eigenvalue weighted by molar-refractivity contribution is -0.120. The molecule has 0 radical (unpaired) electrons. The van der Waals surface area contributed by atoms with E-state index in [0.29, 0.717) is 10.8 Å². The number of benzene rings is 2. The second-order valence-corrected chi connectivity index (χ2v) is 8.70. The van der Waals surface area contributed by atoms with Gasteiger partial charge in [-0.2, -0.15) is 0 Å². The van der Waals surface area contributed by atoms with Crippen LogP contribution in [0.2, 0.25) is 5.02 Å². The fourth-order valence-electron chi connectivity index (χ4n) is 2.83. The molecule has 1 atom stereocenters. The Bertz CT molecular complexity index is 904. The lowest BCUT2D eigenvalue weighted by Crippen LogP contribution is -2.43. The molecular formula is C20H25ClN2O4S. The van der Waals surface area contributed by atoms with Crippen molar-refractivity contribution in [3.8, 4) is 5.75 Å². The monoisotopic (exact) mass is 424 g/mol. The molecule has 0 aliphatic rings. The number of nitrogens with zero attached hydrogens (tertiary/aromatic N) is 1. The Morgan fingerprint density at radius 2 is 1.89 bits per heavy atom. The van der Waals surface area contributed by atoms with Gasteiger partial charge in [-0.3, -0.25) is 9.10 Å². The molecule has 0 bridgehead atoms. The third-order valence-electron chi connectivity index (χ3n) is 4.16.